The first kappa shape index (κ1) is 26.2. The summed E-state index contributed by atoms with van der Waals surface area (Å²) in [5.41, 5.74) is 0.390. The van der Waals surface area contributed by atoms with E-state index >= 15 is 0 Å². The number of nitrogens with zero attached hydrogens (tertiary/aromatic N) is 1. The minimum Gasteiger partial charge on any atom is -0.481 e. The van der Waals surface area contributed by atoms with Gasteiger partial charge in [0.2, 0.25) is 0 Å². The number of rotatable bonds is 6. The fraction of sp³-hybridized carbons (Fsp3) is 0.526. The van der Waals surface area contributed by atoms with E-state index in [9.17, 15) is 22.8 Å². The summed E-state index contributed by atoms with van der Waals surface area (Å²) >= 11 is 0. The van der Waals surface area contributed by atoms with Crippen LogP contribution in [0.25, 0.3) is 0 Å². The van der Waals surface area contributed by atoms with Gasteiger partial charge in [-0.1, -0.05) is 30.3 Å². The molecule has 0 aromatic heterocycles. The number of benzene rings is 1. The van der Waals surface area contributed by atoms with Crippen LogP contribution in [0.4, 0.5) is 18.0 Å². The molecule has 0 radical (unpaired) electrons. The summed E-state index contributed by atoms with van der Waals surface area (Å²) in [4.78, 5) is 33.9. The van der Waals surface area contributed by atoms with Crippen LogP contribution in [0.2, 0.25) is 0 Å². The third kappa shape index (κ3) is 11.6. The largest absolute Gasteiger partial charge is 0.490 e. The van der Waals surface area contributed by atoms with Crippen LogP contribution in [0.3, 0.4) is 0 Å². The first-order valence-electron chi connectivity index (χ1n) is 8.72. The van der Waals surface area contributed by atoms with Crippen LogP contribution >= 0.6 is 0 Å². The van der Waals surface area contributed by atoms with Gasteiger partial charge in [-0.2, -0.15) is 13.2 Å². The third-order valence-electron chi connectivity index (χ3n) is 3.38. The fourth-order valence-electron chi connectivity index (χ4n) is 2.24. The number of hydrogen-bond donors (Lipinski definition) is 2. The van der Waals surface area contributed by atoms with Gasteiger partial charge in [0.25, 0.3) is 0 Å². The Morgan fingerprint density at radius 3 is 1.90 bits per heavy atom. The van der Waals surface area contributed by atoms with Crippen LogP contribution in [0.15, 0.2) is 30.3 Å². The average Bonchev–Trinajstić information content (AvgIpc) is 2.53. The zero-order valence-electron chi connectivity index (χ0n) is 16.7. The maximum Gasteiger partial charge on any atom is 0.490 e. The lowest BCUT2D eigenvalue weighted by Gasteiger charge is -2.32. The second-order valence-electron chi connectivity index (χ2n) is 7.01. The van der Waals surface area contributed by atoms with E-state index in [0.717, 1.165) is 5.56 Å². The van der Waals surface area contributed by atoms with Crippen molar-refractivity contribution in [3.63, 3.8) is 0 Å². The van der Waals surface area contributed by atoms with Crippen molar-refractivity contribution in [3.8, 4) is 0 Å². The quantitative estimate of drug-likeness (QED) is 0.721. The van der Waals surface area contributed by atoms with Gasteiger partial charge >= 0.3 is 24.2 Å². The van der Waals surface area contributed by atoms with Crippen molar-refractivity contribution in [1.82, 2.24) is 4.90 Å². The Balaban J connectivity index is 0.000000956. The van der Waals surface area contributed by atoms with Gasteiger partial charge in [0.1, 0.15) is 5.60 Å². The van der Waals surface area contributed by atoms with Crippen molar-refractivity contribution in [2.45, 2.75) is 58.4 Å². The molecule has 1 aromatic rings. The summed E-state index contributed by atoms with van der Waals surface area (Å²) in [7, 11) is 0. The number of halogens is 3. The molecule has 0 saturated carbocycles. The molecule has 0 saturated heterocycles. The number of likely N-dealkylation sites (N-methyl/N-ethyl adjacent to an activating group) is 1. The summed E-state index contributed by atoms with van der Waals surface area (Å²) in [6, 6.07) is 9.13. The highest BCUT2D eigenvalue weighted by molar-refractivity contribution is 5.73. The first-order chi connectivity index (χ1) is 13.2. The number of aliphatic carboxylic acids is 2. The van der Waals surface area contributed by atoms with Crippen LogP contribution in [0.5, 0.6) is 0 Å². The Labute approximate surface area is 167 Å². The molecule has 1 amide bonds. The highest BCUT2D eigenvalue weighted by Crippen LogP contribution is 2.17. The third-order valence-corrected chi connectivity index (χ3v) is 3.38. The van der Waals surface area contributed by atoms with Crippen LogP contribution < -0.4 is 0 Å². The van der Waals surface area contributed by atoms with Gasteiger partial charge in [0, 0.05) is 12.6 Å². The van der Waals surface area contributed by atoms with E-state index in [1.165, 1.54) is 4.90 Å². The molecule has 0 aliphatic rings. The molecule has 0 bridgehead atoms. The lowest BCUT2D eigenvalue weighted by atomic mass is 10.0. The standard InChI is InChI=1S/C17H25NO4.C2HF3O2/c1-5-18(16(21)22-17(2,3)4)14(12-15(19)20)11-13-9-7-6-8-10-13;3-2(4,5)1(6)7/h6-10,14H,5,11-12H2,1-4H3,(H,19,20);(H,6,7)/t14-;/m1./s1. The number of carboxylic acids is 2. The Kier molecular flexibility index (Phi) is 10.2. The van der Waals surface area contributed by atoms with Gasteiger partial charge < -0.3 is 19.8 Å². The van der Waals surface area contributed by atoms with E-state index < -0.39 is 35.9 Å². The number of carbonyl (C=O) groups is 3. The number of ether oxygens (including phenoxy) is 1. The molecule has 1 rings (SSSR count). The Hall–Kier alpha value is -2.78. The predicted octanol–water partition coefficient (Wildman–Crippen LogP) is 3.96. The molecule has 0 spiro atoms. The monoisotopic (exact) mass is 421 g/mol. The fourth-order valence-corrected chi connectivity index (χ4v) is 2.24. The van der Waals surface area contributed by atoms with Gasteiger partial charge in [-0.25, -0.2) is 9.59 Å². The van der Waals surface area contributed by atoms with Crippen molar-refractivity contribution in [2.75, 3.05) is 6.54 Å². The molecule has 1 atom stereocenters. The van der Waals surface area contributed by atoms with Gasteiger partial charge in [-0.3, -0.25) is 4.79 Å². The van der Waals surface area contributed by atoms with Crippen molar-refractivity contribution in [3.05, 3.63) is 35.9 Å². The SMILES string of the molecule is CCN(C(=O)OC(C)(C)C)[C@@H](CC(=O)O)Cc1ccccc1.O=C(O)C(F)(F)F. The molecule has 0 heterocycles. The number of amides is 1. The van der Waals surface area contributed by atoms with Gasteiger partial charge in [-0.05, 0) is 39.7 Å². The first-order valence-corrected chi connectivity index (χ1v) is 8.72. The van der Waals surface area contributed by atoms with Crippen LogP contribution in [0.1, 0.15) is 39.7 Å². The maximum absolute atomic E-state index is 12.3. The molecular weight excluding hydrogens is 395 g/mol. The van der Waals surface area contributed by atoms with Crippen molar-refractivity contribution in [2.24, 2.45) is 0 Å². The van der Waals surface area contributed by atoms with Crippen molar-refractivity contribution < 1.29 is 42.5 Å². The zero-order valence-corrected chi connectivity index (χ0v) is 16.7. The normalized spacial score (nSPS) is 12.2. The molecule has 0 aliphatic carbocycles. The molecular formula is C19H26F3NO6. The molecule has 7 nitrogen and oxygen atoms in total. The number of carboxylic acid groups (broad SMARTS) is 2. The molecule has 2 N–H and O–H groups in total. The predicted molar refractivity (Wildman–Crippen MR) is 98.5 cm³/mol. The van der Waals surface area contributed by atoms with Crippen LogP contribution in [0, 0.1) is 0 Å². The van der Waals surface area contributed by atoms with E-state index in [0.29, 0.717) is 13.0 Å². The minimum absolute atomic E-state index is 0.109. The minimum atomic E-state index is -5.08. The molecule has 1 aromatic carbocycles. The lowest BCUT2D eigenvalue weighted by Crippen LogP contribution is -2.45. The van der Waals surface area contributed by atoms with E-state index in [4.69, 9.17) is 19.7 Å². The smallest absolute Gasteiger partial charge is 0.481 e. The molecule has 0 unspecified atom stereocenters. The van der Waals surface area contributed by atoms with E-state index in [1.54, 1.807) is 20.8 Å². The van der Waals surface area contributed by atoms with Crippen LogP contribution in [-0.4, -0.2) is 57.5 Å². The topological polar surface area (TPSA) is 104 Å². The van der Waals surface area contributed by atoms with Gasteiger partial charge in [0.05, 0.1) is 6.42 Å². The summed E-state index contributed by atoms with van der Waals surface area (Å²) in [6.07, 6.45) is -5.18. The van der Waals surface area contributed by atoms with E-state index in [-0.39, 0.29) is 6.42 Å². The lowest BCUT2D eigenvalue weighted by molar-refractivity contribution is -0.192. The molecule has 29 heavy (non-hydrogen) atoms. The second-order valence-corrected chi connectivity index (χ2v) is 7.01. The number of hydrogen-bond acceptors (Lipinski definition) is 4. The highest BCUT2D eigenvalue weighted by Gasteiger charge is 2.38. The summed E-state index contributed by atoms with van der Waals surface area (Å²) in [5.74, 6) is -3.68. The van der Waals surface area contributed by atoms with E-state index in [1.807, 2.05) is 37.3 Å². The Morgan fingerprint density at radius 2 is 1.55 bits per heavy atom. The van der Waals surface area contributed by atoms with Crippen molar-refractivity contribution in [1.29, 1.82) is 0 Å². The zero-order chi connectivity index (χ0) is 22.8. The summed E-state index contributed by atoms with van der Waals surface area (Å²) in [5, 5.41) is 16.3. The molecule has 10 heteroatoms. The molecule has 0 fully saturated rings. The van der Waals surface area contributed by atoms with E-state index in [2.05, 4.69) is 0 Å². The molecule has 164 valence electrons. The highest BCUT2D eigenvalue weighted by atomic mass is 19.4. The summed E-state index contributed by atoms with van der Waals surface area (Å²) in [6.45, 7) is 7.61. The Bertz CT molecular complexity index is 671. The Morgan fingerprint density at radius 1 is 1.07 bits per heavy atom. The van der Waals surface area contributed by atoms with Crippen molar-refractivity contribution >= 4 is 18.0 Å². The second kappa shape index (κ2) is 11.3. The average molecular weight is 421 g/mol. The number of carbonyl (C=O) groups excluding carboxylic acids is 1. The van der Waals surface area contributed by atoms with Crippen LogP contribution in [-0.2, 0) is 20.7 Å². The number of alkyl halides is 3. The van der Waals surface area contributed by atoms with Gasteiger partial charge in [0.15, 0.2) is 0 Å². The van der Waals surface area contributed by atoms with Gasteiger partial charge in [-0.15, -0.1) is 0 Å². The summed E-state index contributed by atoms with van der Waals surface area (Å²) < 4.78 is 37.1. The molecule has 0 aliphatic heterocycles. The maximum atomic E-state index is 12.3.